The highest BCUT2D eigenvalue weighted by molar-refractivity contribution is 7.18. The molecule has 22 heavy (non-hydrogen) atoms. The first-order chi connectivity index (χ1) is 10.5. The van der Waals surface area contributed by atoms with Gasteiger partial charge in [-0.15, -0.1) is 11.3 Å². The van der Waals surface area contributed by atoms with Crippen molar-refractivity contribution < 1.29 is 0 Å². The van der Waals surface area contributed by atoms with E-state index >= 15 is 0 Å². The number of hydrogen-bond acceptors (Lipinski definition) is 4. The van der Waals surface area contributed by atoms with E-state index < -0.39 is 0 Å². The number of aromatic amines is 1. The van der Waals surface area contributed by atoms with Gasteiger partial charge in [0.2, 0.25) is 0 Å². The Morgan fingerprint density at radius 1 is 1.41 bits per heavy atom. The van der Waals surface area contributed by atoms with Crippen LogP contribution in [0.2, 0.25) is 0 Å². The van der Waals surface area contributed by atoms with Crippen molar-refractivity contribution in [2.24, 2.45) is 11.8 Å². The Morgan fingerprint density at radius 2 is 2.18 bits per heavy atom. The highest BCUT2D eigenvalue weighted by Gasteiger charge is 2.23. The normalized spacial score (nSPS) is 19.6. The summed E-state index contributed by atoms with van der Waals surface area (Å²) in [6, 6.07) is 0.0672. The quantitative estimate of drug-likeness (QED) is 0.908. The molecule has 0 aliphatic heterocycles. The third-order valence-corrected chi connectivity index (χ3v) is 5.57. The molecular weight excluding hydrogens is 294 g/mol. The van der Waals surface area contributed by atoms with Crippen LogP contribution in [-0.2, 0) is 12.8 Å². The lowest BCUT2D eigenvalue weighted by Gasteiger charge is -2.17. The number of aromatic nitrogens is 2. The number of nitrogens with zero attached hydrogens (tertiary/aromatic N) is 1. The van der Waals surface area contributed by atoms with Gasteiger partial charge in [0, 0.05) is 4.88 Å². The average molecular weight is 319 g/mol. The molecule has 4 nitrogen and oxygen atoms in total. The van der Waals surface area contributed by atoms with Crippen LogP contribution in [0.5, 0.6) is 0 Å². The molecule has 120 valence electrons. The SMILES string of the molecule is CC(C)CN[C@@H](C)c1nc2sc3c(c2c(=O)[nH]1)CC[C@H](C)C3. The van der Waals surface area contributed by atoms with Crippen molar-refractivity contribution in [3.63, 3.8) is 0 Å². The minimum absolute atomic E-state index is 0.0326. The van der Waals surface area contributed by atoms with Gasteiger partial charge in [0.25, 0.3) is 5.56 Å². The Kier molecular flexibility index (Phi) is 4.37. The van der Waals surface area contributed by atoms with Crippen LogP contribution in [0.3, 0.4) is 0 Å². The van der Waals surface area contributed by atoms with Gasteiger partial charge in [0.05, 0.1) is 11.4 Å². The molecule has 0 spiro atoms. The molecule has 2 aromatic rings. The summed E-state index contributed by atoms with van der Waals surface area (Å²) < 4.78 is 0. The van der Waals surface area contributed by atoms with Gasteiger partial charge in [-0.25, -0.2) is 4.98 Å². The van der Waals surface area contributed by atoms with E-state index in [4.69, 9.17) is 4.98 Å². The van der Waals surface area contributed by atoms with Crippen LogP contribution in [0.25, 0.3) is 10.2 Å². The predicted molar refractivity (Wildman–Crippen MR) is 92.7 cm³/mol. The first-order valence-electron chi connectivity index (χ1n) is 8.23. The highest BCUT2D eigenvalue weighted by atomic mass is 32.1. The molecule has 0 unspecified atom stereocenters. The van der Waals surface area contributed by atoms with Crippen LogP contribution in [0.15, 0.2) is 4.79 Å². The molecule has 2 N–H and O–H groups in total. The third-order valence-electron chi connectivity index (χ3n) is 4.43. The number of aryl methyl sites for hydroxylation is 1. The van der Waals surface area contributed by atoms with Gasteiger partial charge in [-0.1, -0.05) is 20.8 Å². The summed E-state index contributed by atoms with van der Waals surface area (Å²) in [5, 5.41) is 4.27. The Morgan fingerprint density at radius 3 is 2.91 bits per heavy atom. The third kappa shape index (κ3) is 2.97. The molecule has 0 aromatic carbocycles. The molecule has 3 rings (SSSR count). The van der Waals surface area contributed by atoms with Crippen LogP contribution in [0.4, 0.5) is 0 Å². The maximum Gasteiger partial charge on any atom is 0.259 e. The van der Waals surface area contributed by atoms with Crippen LogP contribution in [-0.4, -0.2) is 16.5 Å². The highest BCUT2D eigenvalue weighted by Crippen LogP contribution is 2.35. The van der Waals surface area contributed by atoms with Gasteiger partial charge in [-0.3, -0.25) is 4.79 Å². The molecule has 0 saturated carbocycles. The van der Waals surface area contributed by atoms with E-state index in [1.807, 2.05) is 0 Å². The number of H-pyrrole nitrogens is 1. The second-order valence-corrected chi connectivity index (χ2v) is 8.09. The summed E-state index contributed by atoms with van der Waals surface area (Å²) in [6.45, 7) is 9.61. The first-order valence-corrected chi connectivity index (χ1v) is 9.05. The molecule has 0 bridgehead atoms. The fourth-order valence-corrected chi connectivity index (χ4v) is 4.47. The molecule has 0 saturated heterocycles. The van der Waals surface area contributed by atoms with Gasteiger partial charge < -0.3 is 10.3 Å². The lowest BCUT2D eigenvalue weighted by atomic mass is 9.89. The Bertz CT molecular complexity index is 731. The van der Waals surface area contributed by atoms with E-state index in [9.17, 15) is 4.79 Å². The standard InChI is InChI=1S/C17H25N3OS/c1-9(2)8-18-11(4)15-19-16(21)14-12-6-5-10(3)7-13(12)22-17(14)20-15/h9-11,18H,5-8H2,1-4H3,(H,19,20,21)/t10-,11-/m0/s1. The van der Waals surface area contributed by atoms with Crippen molar-refractivity contribution in [1.82, 2.24) is 15.3 Å². The number of fused-ring (bicyclic) bond motifs is 3. The van der Waals surface area contributed by atoms with Crippen molar-refractivity contribution in [2.45, 2.75) is 53.0 Å². The number of rotatable bonds is 4. The molecule has 0 amide bonds. The minimum Gasteiger partial charge on any atom is -0.309 e. The van der Waals surface area contributed by atoms with Gasteiger partial charge in [0.1, 0.15) is 10.7 Å². The van der Waals surface area contributed by atoms with E-state index in [0.29, 0.717) is 11.8 Å². The number of nitrogens with one attached hydrogen (secondary N) is 2. The average Bonchev–Trinajstić information content (AvgIpc) is 2.82. The van der Waals surface area contributed by atoms with Crippen LogP contribution in [0.1, 0.15) is 56.4 Å². The molecule has 2 aromatic heterocycles. The zero-order valence-electron chi connectivity index (χ0n) is 13.8. The minimum atomic E-state index is 0.0326. The van der Waals surface area contributed by atoms with Gasteiger partial charge in [0.15, 0.2) is 0 Å². The Labute approximate surface area is 135 Å². The largest absolute Gasteiger partial charge is 0.309 e. The lowest BCUT2D eigenvalue weighted by molar-refractivity contribution is 0.482. The molecule has 1 aliphatic rings. The Hall–Kier alpha value is -1.20. The monoisotopic (exact) mass is 319 g/mol. The second-order valence-electron chi connectivity index (χ2n) is 7.01. The molecule has 5 heteroatoms. The van der Waals surface area contributed by atoms with E-state index in [2.05, 4.69) is 38.0 Å². The molecule has 2 atom stereocenters. The van der Waals surface area contributed by atoms with E-state index in [0.717, 1.165) is 35.4 Å². The summed E-state index contributed by atoms with van der Waals surface area (Å²) in [7, 11) is 0. The molecular formula is C17H25N3OS. The van der Waals surface area contributed by atoms with E-state index in [-0.39, 0.29) is 11.6 Å². The first kappa shape index (κ1) is 15.7. The fourth-order valence-electron chi connectivity index (χ4n) is 3.08. The lowest BCUT2D eigenvalue weighted by Crippen LogP contribution is -2.26. The summed E-state index contributed by atoms with van der Waals surface area (Å²) in [5.41, 5.74) is 1.28. The second kappa shape index (κ2) is 6.13. The van der Waals surface area contributed by atoms with Gasteiger partial charge in [-0.2, -0.15) is 0 Å². The molecule has 0 radical (unpaired) electrons. The van der Waals surface area contributed by atoms with E-state index in [1.165, 1.54) is 16.9 Å². The summed E-state index contributed by atoms with van der Waals surface area (Å²) >= 11 is 1.71. The molecule has 0 fully saturated rings. The fraction of sp³-hybridized carbons (Fsp3) is 0.647. The van der Waals surface area contributed by atoms with Gasteiger partial charge in [-0.05, 0) is 50.1 Å². The van der Waals surface area contributed by atoms with Crippen LogP contribution < -0.4 is 10.9 Å². The summed E-state index contributed by atoms with van der Waals surface area (Å²) in [5.74, 6) is 2.05. The van der Waals surface area contributed by atoms with Crippen molar-refractivity contribution in [1.29, 1.82) is 0 Å². The predicted octanol–water partition coefficient (Wildman–Crippen LogP) is 3.42. The summed E-state index contributed by atoms with van der Waals surface area (Å²) in [4.78, 5) is 22.6. The maximum absolute atomic E-state index is 12.5. The van der Waals surface area contributed by atoms with Crippen molar-refractivity contribution in [2.75, 3.05) is 6.54 Å². The van der Waals surface area contributed by atoms with Gasteiger partial charge >= 0.3 is 0 Å². The zero-order chi connectivity index (χ0) is 15.9. The van der Waals surface area contributed by atoms with Crippen molar-refractivity contribution in [3.05, 3.63) is 26.6 Å². The smallest absolute Gasteiger partial charge is 0.259 e. The zero-order valence-corrected chi connectivity index (χ0v) is 14.6. The Balaban J connectivity index is 1.97. The summed E-state index contributed by atoms with van der Waals surface area (Å²) in [6.07, 6.45) is 3.28. The number of hydrogen-bond donors (Lipinski definition) is 2. The molecule has 2 heterocycles. The molecule has 1 aliphatic carbocycles. The topological polar surface area (TPSA) is 57.8 Å². The number of thiophene rings is 1. The van der Waals surface area contributed by atoms with Crippen molar-refractivity contribution in [3.8, 4) is 0 Å². The van der Waals surface area contributed by atoms with Crippen LogP contribution >= 0.6 is 11.3 Å². The van der Waals surface area contributed by atoms with Crippen LogP contribution in [0, 0.1) is 11.8 Å². The van der Waals surface area contributed by atoms with Crippen molar-refractivity contribution >= 4 is 21.6 Å². The van der Waals surface area contributed by atoms with E-state index in [1.54, 1.807) is 11.3 Å². The maximum atomic E-state index is 12.5.